The van der Waals surface area contributed by atoms with Crippen LogP contribution in [0, 0.1) is 5.82 Å². The summed E-state index contributed by atoms with van der Waals surface area (Å²) in [5.41, 5.74) is 7.31. The molecule has 1 aliphatic rings. The first-order chi connectivity index (χ1) is 9.16. The molecule has 5 heteroatoms. The molecule has 2 unspecified atom stereocenters. The number of halogens is 1. The van der Waals surface area contributed by atoms with Gasteiger partial charge < -0.3 is 15.4 Å². The van der Waals surface area contributed by atoms with Crippen molar-refractivity contribution >= 4 is 17.0 Å². The van der Waals surface area contributed by atoms with E-state index in [-0.39, 0.29) is 11.9 Å². The quantitative estimate of drug-likeness (QED) is 0.777. The van der Waals surface area contributed by atoms with Gasteiger partial charge in [-0.2, -0.15) is 0 Å². The molecular weight excluding hydrogens is 245 g/mol. The number of nitrogens with two attached hydrogens (primary N) is 1. The first-order valence-corrected chi connectivity index (χ1v) is 6.78. The van der Waals surface area contributed by atoms with Crippen molar-refractivity contribution in [2.45, 2.75) is 44.2 Å². The van der Waals surface area contributed by atoms with Crippen LogP contribution in [-0.2, 0) is 0 Å². The summed E-state index contributed by atoms with van der Waals surface area (Å²) in [6.45, 7) is 0. The minimum absolute atomic E-state index is 0.103. The fraction of sp³-hybridized carbons (Fsp3) is 0.500. The third-order valence-electron chi connectivity index (χ3n) is 3.95. The molecule has 102 valence electrons. The standard InChI is InChI=1S/C14H18FN3O/c15-9-6-7-10-12(8-9)18(14(16)17-10)11-4-2-1-3-5-13(11)19/h6-8,11,13,19H,1-5H2,(H2,16,17). The number of fused-ring (bicyclic) bond motifs is 1. The number of aliphatic hydroxyl groups excluding tert-OH is 1. The third-order valence-corrected chi connectivity index (χ3v) is 3.95. The van der Waals surface area contributed by atoms with Gasteiger partial charge in [-0.05, 0) is 31.0 Å². The molecular formula is C14H18FN3O. The molecule has 1 heterocycles. The van der Waals surface area contributed by atoms with Crippen molar-refractivity contribution in [1.82, 2.24) is 9.55 Å². The second-order valence-corrected chi connectivity index (χ2v) is 5.25. The highest BCUT2D eigenvalue weighted by atomic mass is 19.1. The maximum absolute atomic E-state index is 13.4. The molecule has 1 aromatic carbocycles. The number of aromatic nitrogens is 2. The van der Waals surface area contributed by atoms with Gasteiger partial charge in [-0.25, -0.2) is 9.37 Å². The Hall–Kier alpha value is -1.62. The van der Waals surface area contributed by atoms with Crippen molar-refractivity contribution in [2.24, 2.45) is 0 Å². The minimum atomic E-state index is -0.439. The molecule has 1 aliphatic carbocycles. The van der Waals surface area contributed by atoms with Crippen LogP contribution in [0.1, 0.15) is 38.1 Å². The van der Waals surface area contributed by atoms with Crippen LogP contribution in [0.4, 0.5) is 10.3 Å². The highest BCUT2D eigenvalue weighted by Crippen LogP contribution is 2.33. The Kier molecular flexibility index (Phi) is 3.14. The number of benzene rings is 1. The van der Waals surface area contributed by atoms with Crippen LogP contribution >= 0.6 is 0 Å². The fourth-order valence-electron chi connectivity index (χ4n) is 3.00. The van der Waals surface area contributed by atoms with E-state index in [1.54, 1.807) is 10.6 Å². The average molecular weight is 263 g/mol. The van der Waals surface area contributed by atoms with Crippen molar-refractivity contribution < 1.29 is 9.50 Å². The highest BCUT2D eigenvalue weighted by Gasteiger charge is 2.26. The lowest BCUT2D eigenvalue weighted by molar-refractivity contribution is 0.108. The normalized spacial score (nSPS) is 24.5. The van der Waals surface area contributed by atoms with Crippen LogP contribution in [0.25, 0.3) is 11.0 Å². The van der Waals surface area contributed by atoms with Crippen molar-refractivity contribution in [1.29, 1.82) is 0 Å². The molecule has 0 radical (unpaired) electrons. The second kappa shape index (κ2) is 4.81. The van der Waals surface area contributed by atoms with Gasteiger partial charge in [-0.3, -0.25) is 0 Å². The van der Waals surface area contributed by atoms with Gasteiger partial charge in [0, 0.05) is 0 Å². The third kappa shape index (κ3) is 2.18. The van der Waals surface area contributed by atoms with Gasteiger partial charge in [0.05, 0.1) is 23.2 Å². The average Bonchev–Trinajstić information content (AvgIpc) is 2.55. The lowest BCUT2D eigenvalue weighted by atomic mass is 10.1. The van der Waals surface area contributed by atoms with E-state index in [0.29, 0.717) is 17.0 Å². The van der Waals surface area contributed by atoms with Gasteiger partial charge in [0.1, 0.15) is 5.82 Å². The lowest BCUT2D eigenvalue weighted by Gasteiger charge is -2.23. The van der Waals surface area contributed by atoms with Crippen molar-refractivity contribution in [3.05, 3.63) is 24.0 Å². The number of aliphatic hydroxyl groups is 1. The van der Waals surface area contributed by atoms with Crippen LogP contribution < -0.4 is 5.73 Å². The number of nitrogens with zero attached hydrogens (tertiary/aromatic N) is 2. The molecule has 3 N–H and O–H groups in total. The summed E-state index contributed by atoms with van der Waals surface area (Å²) >= 11 is 0. The Morgan fingerprint density at radius 2 is 2.05 bits per heavy atom. The predicted octanol–water partition coefficient (Wildman–Crippen LogP) is 2.62. The molecule has 2 aromatic rings. The first-order valence-electron chi connectivity index (χ1n) is 6.78. The number of imidazole rings is 1. The molecule has 0 bridgehead atoms. The maximum atomic E-state index is 13.4. The highest BCUT2D eigenvalue weighted by molar-refractivity contribution is 5.78. The zero-order valence-electron chi connectivity index (χ0n) is 10.7. The molecule has 2 atom stereocenters. The Balaban J connectivity index is 2.12. The molecule has 0 amide bonds. The van der Waals surface area contributed by atoms with Crippen LogP contribution in [0.5, 0.6) is 0 Å². The van der Waals surface area contributed by atoms with Crippen molar-refractivity contribution in [3.8, 4) is 0 Å². The smallest absolute Gasteiger partial charge is 0.201 e. The Morgan fingerprint density at radius 3 is 2.89 bits per heavy atom. The summed E-state index contributed by atoms with van der Waals surface area (Å²) in [7, 11) is 0. The van der Waals surface area contributed by atoms with Gasteiger partial charge in [0.2, 0.25) is 5.95 Å². The van der Waals surface area contributed by atoms with E-state index < -0.39 is 6.10 Å². The summed E-state index contributed by atoms with van der Waals surface area (Å²) in [6, 6.07) is 4.34. The van der Waals surface area contributed by atoms with Crippen LogP contribution in [0.3, 0.4) is 0 Å². The summed E-state index contributed by atoms with van der Waals surface area (Å²) < 4.78 is 15.2. The van der Waals surface area contributed by atoms with E-state index in [0.717, 1.165) is 32.1 Å². The molecule has 1 fully saturated rings. The molecule has 1 aromatic heterocycles. The zero-order chi connectivity index (χ0) is 13.4. The fourth-order valence-corrected chi connectivity index (χ4v) is 3.00. The Labute approximate surface area is 111 Å². The second-order valence-electron chi connectivity index (χ2n) is 5.25. The van der Waals surface area contributed by atoms with Gasteiger partial charge in [0.15, 0.2) is 0 Å². The number of hydrogen-bond donors (Lipinski definition) is 2. The predicted molar refractivity (Wildman–Crippen MR) is 72.2 cm³/mol. The molecule has 3 rings (SSSR count). The van der Waals surface area contributed by atoms with Crippen molar-refractivity contribution in [3.63, 3.8) is 0 Å². The monoisotopic (exact) mass is 263 g/mol. The molecule has 0 aliphatic heterocycles. The summed E-state index contributed by atoms with van der Waals surface area (Å²) in [4.78, 5) is 4.26. The molecule has 1 saturated carbocycles. The van der Waals surface area contributed by atoms with Crippen LogP contribution in [0.2, 0.25) is 0 Å². The lowest BCUT2D eigenvalue weighted by Crippen LogP contribution is -2.24. The zero-order valence-corrected chi connectivity index (χ0v) is 10.7. The Bertz CT molecular complexity index is 596. The number of anilines is 1. The maximum Gasteiger partial charge on any atom is 0.201 e. The van der Waals surface area contributed by atoms with E-state index in [9.17, 15) is 9.50 Å². The van der Waals surface area contributed by atoms with E-state index in [2.05, 4.69) is 4.98 Å². The van der Waals surface area contributed by atoms with Crippen LogP contribution in [0.15, 0.2) is 18.2 Å². The molecule has 0 saturated heterocycles. The van der Waals surface area contributed by atoms with Crippen LogP contribution in [-0.4, -0.2) is 20.8 Å². The summed E-state index contributed by atoms with van der Waals surface area (Å²) in [5, 5.41) is 10.3. The number of nitrogen functional groups attached to an aromatic ring is 1. The first kappa shape index (κ1) is 12.4. The molecule has 0 spiro atoms. The molecule has 19 heavy (non-hydrogen) atoms. The topological polar surface area (TPSA) is 64.1 Å². The minimum Gasteiger partial charge on any atom is -0.391 e. The number of rotatable bonds is 1. The molecule has 4 nitrogen and oxygen atoms in total. The Morgan fingerprint density at radius 1 is 1.26 bits per heavy atom. The van der Waals surface area contributed by atoms with Crippen molar-refractivity contribution in [2.75, 3.05) is 5.73 Å². The summed E-state index contributed by atoms with van der Waals surface area (Å²) in [6.07, 6.45) is 4.38. The van der Waals surface area contributed by atoms with E-state index in [4.69, 9.17) is 5.73 Å². The van der Waals surface area contributed by atoms with Gasteiger partial charge in [-0.1, -0.05) is 19.3 Å². The van der Waals surface area contributed by atoms with E-state index in [1.165, 1.54) is 12.1 Å². The summed E-state index contributed by atoms with van der Waals surface area (Å²) in [5.74, 6) is 0.0447. The largest absolute Gasteiger partial charge is 0.391 e. The van der Waals surface area contributed by atoms with Gasteiger partial charge in [0.25, 0.3) is 0 Å². The SMILES string of the molecule is Nc1nc2ccc(F)cc2n1C1CCCCCC1O. The van der Waals surface area contributed by atoms with Gasteiger partial charge in [-0.15, -0.1) is 0 Å². The van der Waals surface area contributed by atoms with E-state index >= 15 is 0 Å². The van der Waals surface area contributed by atoms with Gasteiger partial charge >= 0.3 is 0 Å². The number of hydrogen-bond acceptors (Lipinski definition) is 3. The van der Waals surface area contributed by atoms with E-state index in [1.807, 2.05) is 0 Å².